The fourth-order valence-corrected chi connectivity index (χ4v) is 1.45. The zero-order chi connectivity index (χ0) is 10.3. The number of pyridine rings is 1. The first-order chi connectivity index (χ1) is 6.49. The summed E-state index contributed by atoms with van der Waals surface area (Å²) in [6.07, 6.45) is 1.01. The average molecular weight is 193 g/mol. The van der Waals surface area contributed by atoms with Gasteiger partial charge in [-0.2, -0.15) is 0 Å². The maximum absolute atomic E-state index is 11.1. The van der Waals surface area contributed by atoms with Gasteiger partial charge in [0.15, 0.2) is 0 Å². The van der Waals surface area contributed by atoms with Gasteiger partial charge in [-0.25, -0.2) is 9.78 Å². The number of aromatic nitrogens is 1. The van der Waals surface area contributed by atoms with Crippen molar-refractivity contribution < 1.29 is 9.53 Å². The molecule has 3 N–H and O–H groups in total. The minimum atomic E-state index is -0.681. The number of rotatable bonds is 0. The summed E-state index contributed by atoms with van der Waals surface area (Å²) in [5.74, 6) is 0.514. The standard InChI is InChI=1S/C9H11N3O2/c1-9(2)6-3-5(10)4-11-7(6)12-8(13)14-9/h3-4H,10H2,1-2H3,(H,11,12,13). The van der Waals surface area contributed by atoms with E-state index in [-0.39, 0.29) is 0 Å². The van der Waals surface area contributed by atoms with E-state index in [2.05, 4.69) is 10.3 Å². The number of ether oxygens (including phenoxy) is 1. The molecule has 0 aliphatic carbocycles. The van der Waals surface area contributed by atoms with Gasteiger partial charge in [0.25, 0.3) is 0 Å². The van der Waals surface area contributed by atoms with Crippen LogP contribution in [0.4, 0.5) is 16.3 Å². The lowest BCUT2D eigenvalue weighted by Crippen LogP contribution is -2.35. The summed E-state index contributed by atoms with van der Waals surface area (Å²) in [6, 6.07) is 1.75. The molecule has 1 aromatic heterocycles. The van der Waals surface area contributed by atoms with Gasteiger partial charge in [0.1, 0.15) is 11.4 Å². The molecule has 1 aliphatic rings. The zero-order valence-electron chi connectivity index (χ0n) is 8.00. The lowest BCUT2D eigenvalue weighted by atomic mass is 9.97. The SMILES string of the molecule is CC1(C)OC(=O)Nc2ncc(N)cc21. The molecule has 0 atom stereocenters. The van der Waals surface area contributed by atoms with Crippen molar-refractivity contribution >= 4 is 17.6 Å². The van der Waals surface area contributed by atoms with Crippen molar-refractivity contribution in [2.75, 3.05) is 11.1 Å². The Balaban J connectivity index is 2.58. The lowest BCUT2D eigenvalue weighted by Gasteiger charge is -2.31. The summed E-state index contributed by atoms with van der Waals surface area (Å²) in [7, 11) is 0. The number of cyclic esters (lactones) is 1. The first kappa shape index (κ1) is 8.80. The van der Waals surface area contributed by atoms with Gasteiger partial charge in [-0.05, 0) is 19.9 Å². The van der Waals surface area contributed by atoms with Crippen LogP contribution in [0.2, 0.25) is 0 Å². The highest BCUT2D eigenvalue weighted by Gasteiger charge is 2.34. The molecule has 0 unspecified atom stereocenters. The first-order valence-corrected chi connectivity index (χ1v) is 4.25. The highest BCUT2D eigenvalue weighted by atomic mass is 16.6. The summed E-state index contributed by atoms with van der Waals surface area (Å²) in [5, 5.41) is 2.51. The van der Waals surface area contributed by atoms with Gasteiger partial charge in [-0.15, -0.1) is 0 Å². The molecule has 0 saturated carbocycles. The molecule has 74 valence electrons. The Bertz CT molecular complexity index is 401. The van der Waals surface area contributed by atoms with E-state index >= 15 is 0 Å². The molecule has 0 fully saturated rings. The summed E-state index contributed by atoms with van der Waals surface area (Å²) in [4.78, 5) is 15.1. The van der Waals surface area contributed by atoms with E-state index in [4.69, 9.17) is 10.5 Å². The number of carbonyl (C=O) groups is 1. The summed E-state index contributed by atoms with van der Waals surface area (Å²) in [5.41, 5.74) is 6.27. The number of amides is 1. The third kappa shape index (κ3) is 1.26. The number of nitrogens with zero attached hydrogens (tertiary/aromatic N) is 1. The van der Waals surface area contributed by atoms with Crippen LogP contribution >= 0.6 is 0 Å². The lowest BCUT2D eigenvalue weighted by molar-refractivity contribution is 0.0416. The topological polar surface area (TPSA) is 77.2 Å². The fraction of sp³-hybridized carbons (Fsp3) is 0.333. The highest BCUT2D eigenvalue weighted by Crippen LogP contribution is 2.34. The van der Waals surface area contributed by atoms with Gasteiger partial charge >= 0.3 is 6.09 Å². The molecule has 1 aromatic rings. The van der Waals surface area contributed by atoms with Crippen molar-refractivity contribution in [3.8, 4) is 0 Å². The van der Waals surface area contributed by atoms with Gasteiger partial charge < -0.3 is 10.5 Å². The van der Waals surface area contributed by atoms with Crippen LogP contribution in [0, 0.1) is 0 Å². The number of fused-ring (bicyclic) bond motifs is 1. The van der Waals surface area contributed by atoms with Crippen molar-refractivity contribution in [2.24, 2.45) is 0 Å². The van der Waals surface area contributed by atoms with E-state index in [1.165, 1.54) is 6.20 Å². The van der Waals surface area contributed by atoms with Crippen LogP contribution in [0.5, 0.6) is 0 Å². The molecule has 0 spiro atoms. The Morgan fingerprint density at radius 3 is 3.00 bits per heavy atom. The molecule has 5 heteroatoms. The van der Waals surface area contributed by atoms with E-state index in [9.17, 15) is 4.79 Å². The summed E-state index contributed by atoms with van der Waals surface area (Å²) < 4.78 is 5.11. The van der Waals surface area contributed by atoms with E-state index in [1.807, 2.05) is 0 Å². The van der Waals surface area contributed by atoms with Gasteiger partial charge in [0.2, 0.25) is 0 Å². The number of nitrogen functional groups attached to an aromatic ring is 1. The van der Waals surface area contributed by atoms with E-state index in [1.54, 1.807) is 19.9 Å². The molecule has 5 nitrogen and oxygen atoms in total. The van der Waals surface area contributed by atoms with Crippen molar-refractivity contribution in [3.63, 3.8) is 0 Å². The maximum Gasteiger partial charge on any atom is 0.413 e. The third-order valence-corrected chi connectivity index (χ3v) is 2.13. The first-order valence-electron chi connectivity index (χ1n) is 4.25. The predicted molar refractivity (Wildman–Crippen MR) is 51.8 cm³/mol. The van der Waals surface area contributed by atoms with Crippen molar-refractivity contribution in [2.45, 2.75) is 19.4 Å². The molecule has 0 radical (unpaired) electrons. The van der Waals surface area contributed by atoms with Gasteiger partial charge in [-0.1, -0.05) is 0 Å². The smallest absolute Gasteiger partial charge is 0.413 e. The van der Waals surface area contributed by atoms with Crippen molar-refractivity contribution in [3.05, 3.63) is 17.8 Å². The molecule has 2 heterocycles. The molecule has 2 rings (SSSR count). The second-order valence-electron chi connectivity index (χ2n) is 3.69. The zero-order valence-corrected chi connectivity index (χ0v) is 8.00. The van der Waals surface area contributed by atoms with E-state index in [0.29, 0.717) is 11.5 Å². The summed E-state index contributed by atoms with van der Waals surface area (Å²) >= 11 is 0. The van der Waals surface area contributed by atoms with Crippen LogP contribution in [0.3, 0.4) is 0 Å². The van der Waals surface area contributed by atoms with Crippen molar-refractivity contribution in [1.29, 1.82) is 0 Å². The number of hydrogen-bond acceptors (Lipinski definition) is 4. The normalized spacial score (nSPS) is 18.0. The van der Waals surface area contributed by atoms with Gasteiger partial charge in [0, 0.05) is 5.56 Å². The molecule has 1 aliphatic heterocycles. The van der Waals surface area contributed by atoms with Crippen LogP contribution in [-0.2, 0) is 10.3 Å². The number of nitrogens with one attached hydrogen (secondary N) is 1. The second-order valence-corrected chi connectivity index (χ2v) is 3.69. The fourth-order valence-electron chi connectivity index (χ4n) is 1.45. The van der Waals surface area contributed by atoms with Gasteiger partial charge in [-0.3, -0.25) is 5.32 Å². The monoisotopic (exact) mass is 193 g/mol. The average Bonchev–Trinajstić information content (AvgIpc) is 2.05. The Hall–Kier alpha value is -1.78. The van der Waals surface area contributed by atoms with Crippen LogP contribution in [-0.4, -0.2) is 11.1 Å². The van der Waals surface area contributed by atoms with Crippen LogP contribution in [0.25, 0.3) is 0 Å². The number of nitrogens with two attached hydrogens (primary N) is 1. The molecule has 0 aromatic carbocycles. The van der Waals surface area contributed by atoms with Crippen molar-refractivity contribution in [1.82, 2.24) is 4.98 Å². The predicted octanol–water partition coefficient (Wildman–Crippen LogP) is 1.46. The van der Waals surface area contributed by atoms with Crippen LogP contribution in [0.1, 0.15) is 19.4 Å². The molecular weight excluding hydrogens is 182 g/mol. The second kappa shape index (κ2) is 2.60. The van der Waals surface area contributed by atoms with E-state index in [0.717, 1.165) is 5.56 Å². The number of hydrogen-bond donors (Lipinski definition) is 2. The third-order valence-electron chi connectivity index (χ3n) is 2.13. The number of carbonyl (C=O) groups excluding carboxylic acids is 1. The minimum Gasteiger partial charge on any atom is -0.438 e. The number of anilines is 2. The Morgan fingerprint density at radius 1 is 1.57 bits per heavy atom. The molecule has 14 heavy (non-hydrogen) atoms. The molecular formula is C9H11N3O2. The van der Waals surface area contributed by atoms with Gasteiger partial charge in [0.05, 0.1) is 11.9 Å². The van der Waals surface area contributed by atoms with Crippen LogP contribution < -0.4 is 11.1 Å². The minimum absolute atomic E-state index is 0.486. The molecule has 0 saturated heterocycles. The molecule has 0 bridgehead atoms. The Kier molecular flexibility index (Phi) is 1.64. The summed E-state index contributed by atoms with van der Waals surface area (Å²) in [6.45, 7) is 3.59. The Labute approximate surface area is 81.3 Å². The Morgan fingerprint density at radius 2 is 2.29 bits per heavy atom. The maximum atomic E-state index is 11.1. The highest BCUT2D eigenvalue weighted by molar-refractivity contribution is 5.87. The quantitative estimate of drug-likeness (QED) is 0.653. The van der Waals surface area contributed by atoms with Crippen LogP contribution in [0.15, 0.2) is 12.3 Å². The largest absolute Gasteiger partial charge is 0.438 e. The van der Waals surface area contributed by atoms with E-state index < -0.39 is 11.7 Å². The molecule has 1 amide bonds.